The molecule has 0 bridgehead atoms. The number of hydrogen-bond acceptors (Lipinski definition) is 1. The SMILES string of the molecule is CC(C)C(=O)C(Br)Cc1ccc(Cl)cc1Br. The molecule has 88 valence electrons. The molecule has 0 aliphatic rings. The Hall–Kier alpha value is 0.140. The van der Waals surface area contributed by atoms with E-state index in [1.165, 1.54) is 0 Å². The maximum Gasteiger partial charge on any atom is 0.149 e. The number of benzene rings is 1. The maximum absolute atomic E-state index is 11.7. The zero-order valence-electron chi connectivity index (χ0n) is 9.14. The third-order valence-electron chi connectivity index (χ3n) is 2.29. The van der Waals surface area contributed by atoms with E-state index in [1.54, 1.807) is 0 Å². The highest BCUT2D eigenvalue weighted by molar-refractivity contribution is 9.10. The first-order chi connectivity index (χ1) is 7.41. The topological polar surface area (TPSA) is 17.1 Å². The molecular weight excluding hydrogens is 355 g/mol. The number of ketones is 1. The molecule has 0 radical (unpaired) electrons. The summed E-state index contributed by atoms with van der Waals surface area (Å²) in [7, 11) is 0. The van der Waals surface area contributed by atoms with Gasteiger partial charge in [0.15, 0.2) is 0 Å². The fourth-order valence-electron chi connectivity index (χ4n) is 1.34. The fourth-order valence-corrected chi connectivity index (χ4v) is 3.06. The lowest BCUT2D eigenvalue weighted by atomic mass is 10.0. The van der Waals surface area contributed by atoms with Gasteiger partial charge in [0.2, 0.25) is 0 Å². The normalized spacial score (nSPS) is 12.9. The molecule has 1 unspecified atom stereocenters. The van der Waals surface area contributed by atoms with Crippen LogP contribution in [0.4, 0.5) is 0 Å². The van der Waals surface area contributed by atoms with Crippen molar-refractivity contribution in [1.29, 1.82) is 0 Å². The van der Waals surface area contributed by atoms with Crippen LogP contribution in [0.2, 0.25) is 5.02 Å². The minimum atomic E-state index is -0.134. The van der Waals surface area contributed by atoms with Crippen molar-refractivity contribution in [3.05, 3.63) is 33.3 Å². The van der Waals surface area contributed by atoms with Gasteiger partial charge in [-0.2, -0.15) is 0 Å². The molecule has 0 spiro atoms. The van der Waals surface area contributed by atoms with Gasteiger partial charge in [-0.05, 0) is 24.1 Å². The van der Waals surface area contributed by atoms with E-state index < -0.39 is 0 Å². The Labute approximate surface area is 118 Å². The van der Waals surface area contributed by atoms with E-state index in [0.29, 0.717) is 11.4 Å². The number of carbonyl (C=O) groups excluding carboxylic acids is 1. The summed E-state index contributed by atoms with van der Waals surface area (Å²) in [5.41, 5.74) is 1.08. The fraction of sp³-hybridized carbons (Fsp3) is 0.417. The van der Waals surface area contributed by atoms with Crippen LogP contribution in [0.5, 0.6) is 0 Å². The molecule has 1 nitrogen and oxygen atoms in total. The zero-order chi connectivity index (χ0) is 12.3. The van der Waals surface area contributed by atoms with Crippen molar-refractivity contribution in [3.63, 3.8) is 0 Å². The Morgan fingerprint density at radius 3 is 2.56 bits per heavy atom. The summed E-state index contributed by atoms with van der Waals surface area (Å²) in [5, 5.41) is 0.692. The molecule has 0 fully saturated rings. The van der Waals surface area contributed by atoms with Crippen LogP contribution in [0, 0.1) is 5.92 Å². The van der Waals surface area contributed by atoms with Crippen LogP contribution < -0.4 is 0 Å². The van der Waals surface area contributed by atoms with Gasteiger partial charge in [0.05, 0.1) is 4.83 Å². The van der Waals surface area contributed by atoms with Crippen molar-refractivity contribution in [2.75, 3.05) is 0 Å². The van der Waals surface area contributed by atoms with Crippen molar-refractivity contribution in [3.8, 4) is 0 Å². The molecule has 0 saturated heterocycles. The van der Waals surface area contributed by atoms with Gasteiger partial charge in [-0.15, -0.1) is 0 Å². The van der Waals surface area contributed by atoms with Gasteiger partial charge < -0.3 is 0 Å². The van der Waals surface area contributed by atoms with Gasteiger partial charge in [0.1, 0.15) is 5.78 Å². The molecule has 1 atom stereocenters. The van der Waals surface area contributed by atoms with Crippen LogP contribution in [0.3, 0.4) is 0 Å². The van der Waals surface area contributed by atoms with Crippen LogP contribution in [0.25, 0.3) is 0 Å². The third kappa shape index (κ3) is 3.86. The summed E-state index contributed by atoms with van der Waals surface area (Å²) in [4.78, 5) is 11.6. The molecule has 16 heavy (non-hydrogen) atoms. The number of halogens is 3. The smallest absolute Gasteiger partial charge is 0.149 e. The van der Waals surface area contributed by atoms with E-state index >= 15 is 0 Å². The van der Waals surface area contributed by atoms with E-state index in [4.69, 9.17) is 11.6 Å². The molecule has 0 saturated carbocycles. The summed E-state index contributed by atoms with van der Waals surface area (Å²) in [5.74, 6) is 0.275. The Bertz CT molecular complexity index is 391. The van der Waals surface area contributed by atoms with E-state index in [9.17, 15) is 4.79 Å². The lowest BCUT2D eigenvalue weighted by Gasteiger charge is -2.12. The average molecular weight is 368 g/mol. The van der Waals surface area contributed by atoms with Gasteiger partial charge >= 0.3 is 0 Å². The second-order valence-corrected chi connectivity index (χ2v) is 6.36. The van der Waals surface area contributed by atoms with Crippen LogP contribution in [-0.2, 0) is 11.2 Å². The first-order valence-electron chi connectivity index (χ1n) is 5.03. The molecule has 0 aromatic heterocycles. The first kappa shape index (κ1) is 14.2. The second kappa shape index (κ2) is 6.18. The largest absolute Gasteiger partial charge is 0.298 e. The molecular formula is C12H13Br2ClO. The summed E-state index contributed by atoms with van der Waals surface area (Å²) in [6.07, 6.45) is 0.675. The summed E-state index contributed by atoms with van der Waals surface area (Å²) < 4.78 is 0.945. The number of rotatable bonds is 4. The van der Waals surface area contributed by atoms with Gasteiger partial charge in [0, 0.05) is 15.4 Å². The predicted octanol–water partition coefficient (Wildman–Crippen LogP) is 4.63. The maximum atomic E-state index is 11.7. The quantitative estimate of drug-likeness (QED) is 0.708. The number of alkyl halides is 1. The predicted molar refractivity (Wildman–Crippen MR) is 75.4 cm³/mol. The Morgan fingerprint density at radius 1 is 1.44 bits per heavy atom. The van der Waals surface area contributed by atoms with E-state index in [0.717, 1.165) is 10.0 Å². The summed E-state index contributed by atoms with van der Waals surface area (Å²) >= 11 is 12.7. The highest BCUT2D eigenvalue weighted by Crippen LogP contribution is 2.25. The van der Waals surface area contributed by atoms with Crippen molar-refractivity contribution in [2.24, 2.45) is 5.92 Å². The Balaban J connectivity index is 2.77. The standard InChI is InChI=1S/C12H13Br2ClO/c1-7(2)12(16)11(14)5-8-3-4-9(15)6-10(8)13/h3-4,6-7,11H,5H2,1-2H3. The van der Waals surface area contributed by atoms with E-state index in [1.807, 2.05) is 32.0 Å². The molecule has 0 N–H and O–H groups in total. The highest BCUT2D eigenvalue weighted by atomic mass is 79.9. The lowest BCUT2D eigenvalue weighted by Crippen LogP contribution is -2.21. The van der Waals surface area contributed by atoms with Crippen LogP contribution in [0.1, 0.15) is 19.4 Å². The molecule has 0 aliphatic heterocycles. The number of Topliss-reactive ketones (excluding diaryl/α,β-unsaturated/α-hetero) is 1. The van der Waals surface area contributed by atoms with E-state index in [-0.39, 0.29) is 16.5 Å². The summed E-state index contributed by atoms with van der Waals surface area (Å²) in [6.45, 7) is 3.82. The van der Waals surface area contributed by atoms with Crippen LogP contribution in [-0.4, -0.2) is 10.6 Å². The van der Waals surface area contributed by atoms with Gasteiger partial charge in [0.25, 0.3) is 0 Å². The van der Waals surface area contributed by atoms with E-state index in [2.05, 4.69) is 31.9 Å². The molecule has 1 rings (SSSR count). The van der Waals surface area contributed by atoms with Crippen molar-refractivity contribution in [2.45, 2.75) is 25.1 Å². The molecule has 0 heterocycles. The second-order valence-electron chi connectivity index (χ2n) is 3.96. The van der Waals surface area contributed by atoms with Crippen LogP contribution >= 0.6 is 43.5 Å². The third-order valence-corrected chi connectivity index (χ3v) is 4.04. The molecule has 1 aromatic carbocycles. The molecule has 1 aromatic rings. The van der Waals surface area contributed by atoms with Crippen molar-refractivity contribution < 1.29 is 4.79 Å². The van der Waals surface area contributed by atoms with Gasteiger partial charge in [-0.1, -0.05) is 63.4 Å². The molecule has 0 aliphatic carbocycles. The first-order valence-corrected chi connectivity index (χ1v) is 7.12. The average Bonchev–Trinajstić information content (AvgIpc) is 2.20. The molecule has 4 heteroatoms. The lowest BCUT2D eigenvalue weighted by molar-refractivity contribution is -0.121. The number of hydrogen-bond donors (Lipinski definition) is 0. The van der Waals surface area contributed by atoms with Gasteiger partial charge in [-0.3, -0.25) is 4.79 Å². The van der Waals surface area contributed by atoms with Gasteiger partial charge in [-0.25, -0.2) is 0 Å². The highest BCUT2D eigenvalue weighted by Gasteiger charge is 2.19. The molecule has 0 amide bonds. The Morgan fingerprint density at radius 2 is 2.06 bits per heavy atom. The van der Waals surface area contributed by atoms with Crippen molar-refractivity contribution >= 4 is 49.2 Å². The minimum absolute atomic E-state index is 0.0513. The summed E-state index contributed by atoms with van der Waals surface area (Å²) in [6, 6.07) is 5.62. The monoisotopic (exact) mass is 366 g/mol. The zero-order valence-corrected chi connectivity index (χ0v) is 13.1. The van der Waals surface area contributed by atoms with Crippen molar-refractivity contribution in [1.82, 2.24) is 0 Å². The minimum Gasteiger partial charge on any atom is -0.298 e. The van der Waals surface area contributed by atoms with Crippen LogP contribution in [0.15, 0.2) is 22.7 Å². The number of carbonyl (C=O) groups is 1. The Kier molecular flexibility index (Phi) is 5.48.